The van der Waals surface area contributed by atoms with Crippen LogP contribution in [0.1, 0.15) is 6.92 Å². The first kappa shape index (κ1) is 12.0. The van der Waals surface area contributed by atoms with Crippen molar-refractivity contribution in [1.82, 2.24) is 0 Å². The molecule has 4 nitrogen and oxygen atoms in total. The van der Waals surface area contributed by atoms with Crippen molar-refractivity contribution in [2.24, 2.45) is 0 Å². The minimum atomic E-state index is -1.49. The van der Waals surface area contributed by atoms with Gasteiger partial charge in [-0.25, -0.2) is 4.79 Å². The van der Waals surface area contributed by atoms with Gasteiger partial charge < -0.3 is 15.0 Å². The van der Waals surface area contributed by atoms with E-state index in [1.165, 1.54) is 6.92 Å². The van der Waals surface area contributed by atoms with E-state index in [9.17, 15) is 14.7 Å². The molecule has 0 atom stereocenters. The first-order valence-electron chi connectivity index (χ1n) is 2.16. The van der Waals surface area contributed by atoms with E-state index in [4.69, 9.17) is 5.11 Å². The van der Waals surface area contributed by atoms with Gasteiger partial charge in [0.15, 0.2) is 0 Å². The van der Waals surface area contributed by atoms with Gasteiger partial charge in [-0.3, -0.25) is 0 Å². The molecule has 10 heavy (non-hydrogen) atoms. The summed E-state index contributed by atoms with van der Waals surface area (Å²) < 4.78 is 0. The van der Waals surface area contributed by atoms with Crippen molar-refractivity contribution in [3.63, 3.8) is 0 Å². The second-order valence-corrected chi connectivity index (χ2v) is 1.45. The van der Waals surface area contributed by atoms with Gasteiger partial charge in [-0.2, -0.15) is 0 Å². The van der Waals surface area contributed by atoms with Crippen LogP contribution in [0.4, 0.5) is 0 Å². The van der Waals surface area contributed by atoms with Crippen LogP contribution in [0.5, 0.6) is 0 Å². The quantitative estimate of drug-likeness (QED) is 0.308. The van der Waals surface area contributed by atoms with Crippen LogP contribution in [0.2, 0.25) is 0 Å². The third-order valence-electron chi connectivity index (χ3n) is 0.672. The fourth-order valence-electron chi connectivity index (χ4n) is 0.239. The van der Waals surface area contributed by atoms with Gasteiger partial charge in [0.25, 0.3) is 0 Å². The summed E-state index contributed by atoms with van der Waals surface area (Å²) in [4.78, 5) is 19.5. The molecule has 0 heterocycles. The van der Waals surface area contributed by atoms with Gasteiger partial charge in [0.1, 0.15) is 0 Å². The van der Waals surface area contributed by atoms with Crippen molar-refractivity contribution in [2.75, 3.05) is 0 Å². The molecular weight excluding hydrogens is 131 g/mol. The third kappa shape index (κ3) is 5.41. The number of carbonyl (C=O) groups is 2. The Morgan fingerprint density at radius 1 is 1.50 bits per heavy atom. The molecule has 0 fully saturated rings. The molecule has 5 heteroatoms. The summed E-state index contributed by atoms with van der Waals surface area (Å²) in [7, 11) is 0. The predicted molar refractivity (Wildman–Crippen MR) is 26.4 cm³/mol. The molecule has 0 spiro atoms. The summed E-state index contributed by atoms with van der Waals surface area (Å²) in [5.74, 6) is -2.74. The molecule has 0 aromatic heterocycles. The third-order valence-corrected chi connectivity index (χ3v) is 0.672. The zero-order chi connectivity index (χ0) is 7.44. The Morgan fingerprint density at radius 2 is 1.90 bits per heavy atom. The Labute approximate surface area is 69.7 Å². The number of hydrogen-bond acceptors (Lipinski definition) is 3. The Kier molecular flexibility index (Phi) is 6.11. The molecule has 0 aromatic rings. The van der Waals surface area contributed by atoms with Crippen molar-refractivity contribution in [3.05, 3.63) is 11.6 Å². The fraction of sp³-hybridized carbons (Fsp3) is 0.200. The summed E-state index contributed by atoms with van der Waals surface area (Å²) >= 11 is 0. The Morgan fingerprint density at radius 3 is 2.00 bits per heavy atom. The van der Waals surface area contributed by atoms with Gasteiger partial charge in [-0.05, 0) is 13.0 Å². The maximum atomic E-state index is 9.88. The Hall–Kier alpha value is -0.723. The number of carbonyl (C=O) groups excluding carboxylic acids is 1. The molecule has 0 saturated heterocycles. The van der Waals surface area contributed by atoms with Gasteiger partial charge in [-0.15, -0.1) is 0 Å². The zero-order valence-corrected chi connectivity index (χ0v) is 5.75. The maximum Gasteiger partial charge on any atom is 1.00 e. The Bertz CT molecular complexity index is 172. The summed E-state index contributed by atoms with van der Waals surface area (Å²) in [6, 6.07) is 0. The van der Waals surface area contributed by atoms with E-state index in [0.717, 1.165) is 0 Å². The van der Waals surface area contributed by atoms with Crippen LogP contribution >= 0.6 is 0 Å². The zero-order valence-electron chi connectivity index (χ0n) is 5.75. The number of rotatable bonds is 2. The topological polar surface area (TPSA) is 77.4 Å². The fourth-order valence-corrected chi connectivity index (χ4v) is 0.239. The van der Waals surface area contributed by atoms with Crippen LogP contribution in [0.25, 0.3) is 0 Å². The van der Waals surface area contributed by atoms with E-state index in [1.807, 2.05) is 0 Å². The van der Waals surface area contributed by atoms with E-state index >= 15 is 0 Å². The predicted octanol–water partition coefficient (Wildman–Crippen LogP) is -4.23. The molecule has 0 aromatic carbocycles. The van der Waals surface area contributed by atoms with Crippen molar-refractivity contribution in [1.29, 1.82) is 0 Å². The average Bonchev–Trinajstić information content (AvgIpc) is 1.63. The van der Waals surface area contributed by atoms with Crippen LogP contribution in [-0.4, -0.2) is 17.0 Å². The molecule has 0 rings (SSSR count). The van der Waals surface area contributed by atoms with Crippen LogP contribution in [0.3, 0.4) is 0 Å². The van der Waals surface area contributed by atoms with Gasteiger partial charge >= 0.3 is 24.8 Å². The van der Waals surface area contributed by atoms with Gasteiger partial charge in [0, 0.05) is 5.57 Å². The van der Waals surface area contributed by atoms with Crippen molar-refractivity contribution in [2.45, 2.75) is 6.92 Å². The number of hydrogen-bond donors (Lipinski definition) is 1. The summed E-state index contributed by atoms with van der Waals surface area (Å²) in [5.41, 5.74) is -0.241. The van der Waals surface area contributed by atoms with E-state index in [-0.39, 0.29) is 24.4 Å². The van der Waals surface area contributed by atoms with E-state index in [1.54, 1.807) is 0 Å². The minimum Gasteiger partial charge on any atom is -0.545 e. The molecule has 0 saturated carbocycles. The van der Waals surface area contributed by atoms with Crippen molar-refractivity contribution < 1.29 is 38.7 Å². The number of carboxylic acid groups (broad SMARTS) is 2. The molecule has 1 N–H and O–H groups in total. The van der Waals surface area contributed by atoms with Gasteiger partial charge in [-0.1, -0.05) is 0 Å². The molecule has 0 bridgehead atoms. The van der Waals surface area contributed by atoms with E-state index < -0.39 is 11.9 Å². The molecule has 0 radical (unpaired) electrons. The molecule has 0 aliphatic rings. The molecule has 0 unspecified atom stereocenters. The minimum absolute atomic E-state index is 0. The second kappa shape index (κ2) is 5.09. The monoisotopic (exact) mass is 136 g/mol. The van der Waals surface area contributed by atoms with Gasteiger partial charge in [0.05, 0.1) is 5.97 Å². The molecule has 0 amide bonds. The molecule has 0 aliphatic heterocycles. The van der Waals surface area contributed by atoms with Crippen molar-refractivity contribution >= 4 is 11.9 Å². The van der Waals surface area contributed by atoms with Crippen LogP contribution < -0.4 is 24.0 Å². The first-order chi connectivity index (χ1) is 4.04. The van der Waals surface area contributed by atoms with E-state index in [0.29, 0.717) is 6.08 Å². The van der Waals surface area contributed by atoms with E-state index in [2.05, 4.69) is 0 Å². The first-order valence-corrected chi connectivity index (χ1v) is 2.16. The molecular formula is C5H5LiO4. The Balaban J connectivity index is 0. The summed E-state index contributed by atoms with van der Waals surface area (Å²) in [6.45, 7) is 1.18. The molecule has 0 aliphatic carbocycles. The maximum absolute atomic E-state index is 9.88. The standard InChI is InChI=1S/C5H6O4.Li/c1-3(5(8)9)2-4(6)7;/h2H,1H3,(H,6,7)(H,8,9);/q;+1/p-1/b3-2-;. The summed E-state index contributed by atoms with van der Waals surface area (Å²) in [5, 5.41) is 17.7. The number of aliphatic carboxylic acids is 2. The summed E-state index contributed by atoms with van der Waals surface area (Å²) in [6.07, 6.45) is 0.530. The smallest absolute Gasteiger partial charge is 0.545 e. The van der Waals surface area contributed by atoms with Crippen molar-refractivity contribution in [3.8, 4) is 0 Å². The van der Waals surface area contributed by atoms with Crippen LogP contribution in [0, 0.1) is 0 Å². The van der Waals surface area contributed by atoms with Gasteiger partial charge in [0.2, 0.25) is 0 Å². The van der Waals surface area contributed by atoms with Crippen LogP contribution in [-0.2, 0) is 9.59 Å². The van der Waals surface area contributed by atoms with Crippen LogP contribution in [0.15, 0.2) is 11.6 Å². The normalized spacial score (nSPS) is 9.90. The SMILES string of the molecule is C/C(=C/C(=O)[O-])C(=O)O.[Li+]. The average molecular weight is 136 g/mol. The molecule has 50 valence electrons. The second-order valence-electron chi connectivity index (χ2n) is 1.45. The largest absolute Gasteiger partial charge is 1.00 e. The number of carboxylic acids is 2.